The lowest BCUT2D eigenvalue weighted by Crippen LogP contribution is -2.53. The van der Waals surface area contributed by atoms with Crippen LogP contribution >= 0.6 is 23.2 Å². The molecule has 2 amide bonds. The molecule has 0 saturated heterocycles. The number of nitrogens with two attached hydrogens (primary N) is 1. The number of carbonyl (C=O) groups is 3. The Labute approximate surface area is 391 Å². The van der Waals surface area contributed by atoms with Crippen molar-refractivity contribution in [2.75, 3.05) is 18.5 Å². The molecule has 5 aromatic rings. The molecule has 1 unspecified atom stereocenters. The molecule has 8 rings (SSSR count). The molecular formula is C53H58Cl2N4O6. The van der Waals surface area contributed by atoms with Gasteiger partial charge in [0.2, 0.25) is 11.8 Å². The zero-order chi connectivity index (χ0) is 45.7. The van der Waals surface area contributed by atoms with Crippen LogP contribution in [0.1, 0.15) is 116 Å². The highest BCUT2D eigenvalue weighted by Crippen LogP contribution is 2.57. The number of primary amides is 1. The number of anilines is 1. The summed E-state index contributed by atoms with van der Waals surface area (Å²) < 4.78 is 12.9. The smallest absolute Gasteiger partial charge is 0.329 e. The zero-order valence-corrected chi connectivity index (χ0v) is 38.6. The van der Waals surface area contributed by atoms with Crippen LogP contribution in [-0.4, -0.2) is 46.6 Å². The number of carboxylic acids is 1. The van der Waals surface area contributed by atoms with Gasteiger partial charge in [0.15, 0.2) is 0 Å². The molecule has 1 heterocycles. The molecule has 0 radical (unpaired) electrons. The maximum Gasteiger partial charge on any atom is 0.329 e. The van der Waals surface area contributed by atoms with Gasteiger partial charge in [0, 0.05) is 57.3 Å². The van der Waals surface area contributed by atoms with Gasteiger partial charge in [-0.3, -0.25) is 14.6 Å². The van der Waals surface area contributed by atoms with Crippen molar-refractivity contribution in [3.63, 3.8) is 0 Å². The van der Waals surface area contributed by atoms with E-state index in [1.807, 2.05) is 54.7 Å². The minimum absolute atomic E-state index is 0.0876. The van der Waals surface area contributed by atoms with Crippen LogP contribution < -0.4 is 25.8 Å². The van der Waals surface area contributed by atoms with Gasteiger partial charge in [-0.25, -0.2) is 4.79 Å². The average Bonchev–Trinajstić information content (AvgIpc) is 3.58. The number of amides is 2. The number of benzene rings is 4. The summed E-state index contributed by atoms with van der Waals surface area (Å²) in [6.07, 6.45) is 10.1. The van der Waals surface area contributed by atoms with Crippen LogP contribution in [0.3, 0.4) is 0 Å². The van der Waals surface area contributed by atoms with Crippen LogP contribution in [0.15, 0.2) is 97.2 Å². The molecule has 1 aromatic heterocycles. The number of pyridine rings is 1. The fraction of sp³-hybridized carbons (Fsp3) is 0.396. The molecule has 65 heavy (non-hydrogen) atoms. The second-order valence-corrected chi connectivity index (χ2v) is 19.3. The van der Waals surface area contributed by atoms with Gasteiger partial charge in [0.1, 0.15) is 17.0 Å². The second kappa shape index (κ2) is 19.9. The van der Waals surface area contributed by atoms with Crippen LogP contribution in [0.4, 0.5) is 5.69 Å². The van der Waals surface area contributed by atoms with E-state index in [1.165, 1.54) is 16.7 Å². The number of carbonyl (C=O) groups excluding carboxylic acids is 2. The fourth-order valence-electron chi connectivity index (χ4n) is 10.6. The summed E-state index contributed by atoms with van der Waals surface area (Å²) in [7, 11) is 0. The van der Waals surface area contributed by atoms with Crippen molar-refractivity contribution in [1.29, 1.82) is 0 Å². The normalized spacial score (nSPS) is 21.5. The van der Waals surface area contributed by atoms with Crippen LogP contribution in [0.25, 0.3) is 11.1 Å². The maximum atomic E-state index is 13.1. The van der Waals surface area contributed by atoms with E-state index in [-0.39, 0.29) is 23.2 Å². The molecular weight excluding hydrogens is 860 g/mol. The lowest BCUT2D eigenvalue weighted by Gasteiger charge is -2.47. The van der Waals surface area contributed by atoms with Crippen molar-refractivity contribution < 1.29 is 29.0 Å². The number of nitrogens with zero attached hydrogens (tertiary/aromatic N) is 1. The summed E-state index contributed by atoms with van der Waals surface area (Å²) in [6, 6.07) is 28.3. The van der Waals surface area contributed by atoms with Crippen LogP contribution in [0.2, 0.25) is 10.0 Å². The molecule has 0 aliphatic heterocycles. The number of aryl methyl sites for hydroxylation is 1. The van der Waals surface area contributed by atoms with Crippen molar-refractivity contribution in [2.24, 2.45) is 17.6 Å². The summed E-state index contributed by atoms with van der Waals surface area (Å²) in [4.78, 5) is 42.5. The topological polar surface area (TPSA) is 153 Å². The molecule has 0 bridgehead atoms. The van der Waals surface area contributed by atoms with E-state index in [0.717, 1.165) is 60.4 Å². The third kappa shape index (κ3) is 10.3. The van der Waals surface area contributed by atoms with Crippen molar-refractivity contribution in [3.8, 4) is 22.6 Å². The van der Waals surface area contributed by atoms with Gasteiger partial charge in [-0.05, 0) is 170 Å². The summed E-state index contributed by atoms with van der Waals surface area (Å²) in [5.41, 5.74) is 12.5. The van der Waals surface area contributed by atoms with Gasteiger partial charge in [0.25, 0.3) is 0 Å². The maximum absolute atomic E-state index is 13.1. The number of ether oxygens (including phenoxy) is 2. The first-order valence-corrected chi connectivity index (χ1v) is 23.7. The molecule has 3 aliphatic carbocycles. The summed E-state index contributed by atoms with van der Waals surface area (Å²) in [5, 5.41) is 18.2. The minimum atomic E-state index is -1.13. The third-order valence-electron chi connectivity index (χ3n) is 14.1. The Bertz CT molecular complexity index is 2560. The average molecular weight is 918 g/mol. The summed E-state index contributed by atoms with van der Waals surface area (Å²) >= 11 is 12.8. The van der Waals surface area contributed by atoms with E-state index in [4.69, 9.17) is 38.4 Å². The van der Waals surface area contributed by atoms with E-state index in [0.29, 0.717) is 91.1 Å². The Morgan fingerprint density at radius 3 is 2.55 bits per heavy atom. The molecule has 5 N–H and O–H groups in total. The van der Waals surface area contributed by atoms with Crippen LogP contribution in [0, 0.1) is 11.8 Å². The monoisotopic (exact) mass is 916 g/mol. The SMILES string of the molecule is C[C@@H](COc1ccnc2c1[C@H](C)CCC2)CC1Cc2ccc(OCCCC(=O)NCc3cccc(-c4cc(C(N)=O)ccc4Cl)c3)cc2C12CCC(Nc1cccc(Cl)c1)(C(=O)O)CC2. The number of aliphatic carboxylic acids is 1. The van der Waals surface area contributed by atoms with Crippen LogP contribution in [0.5, 0.6) is 11.5 Å². The van der Waals surface area contributed by atoms with Crippen molar-refractivity contribution in [1.82, 2.24) is 10.3 Å². The predicted molar refractivity (Wildman–Crippen MR) is 256 cm³/mol. The van der Waals surface area contributed by atoms with E-state index < -0.39 is 17.4 Å². The number of aromatic nitrogens is 1. The molecule has 3 aliphatic rings. The highest BCUT2D eigenvalue weighted by molar-refractivity contribution is 6.33. The first kappa shape index (κ1) is 46.0. The fourth-order valence-corrected chi connectivity index (χ4v) is 11.0. The van der Waals surface area contributed by atoms with Gasteiger partial charge in [-0.2, -0.15) is 0 Å². The van der Waals surface area contributed by atoms with Gasteiger partial charge in [-0.1, -0.05) is 67.4 Å². The zero-order valence-electron chi connectivity index (χ0n) is 37.1. The van der Waals surface area contributed by atoms with E-state index in [2.05, 4.69) is 41.6 Å². The Kier molecular flexibility index (Phi) is 14.1. The second-order valence-electron chi connectivity index (χ2n) is 18.5. The standard InChI is InChI=1S/C53H58Cl2N4O6/c1-33(32-65-47-18-23-57-46-12-3-7-34(2)49(46)47)25-39-27-37-14-16-42(30-44(37)52(39)19-21-53(22-20-52,51(62)63)59-41-11-5-10-40(54)29-41)64-24-6-13-48(60)58-31-35-8-4-9-36(26-35)43-28-38(50(56)61)15-17-45(43)55/h4-5,8-11,14-18,23,26,28-30,33-34,39,59H,3,6-7,12-13,19-22,24-25,27,31-32H2,1-2H3,(H2,56,61)(H,58,60)(H,62,63)/t33-,34-,39?,52?,53?/m1/s1. The number of rotatable bonds is 17. The highest BCUT2D eigenvalue weighted by Gasteiger charge is 2.54. The Balaban J connectivity index is 0.922. The molecule has 340 valence electrons. The Hall–Kier alpha value is -5.58. The molecule has 1 saturated carbocycles. The Morgan fingerprint density at radius 1 is 0.954 bits per heavy atom. The van der Waals surface area contributed by atoms with Gasteiger partial charge < -0.3 is 30.9 Å². The summed E-state index contributed by atoms with van der Waals surface area (Å²) in [5.74, 6) is 1.20. The Morgan fingerprint density at radius 2 is 1.77 bits per heavy atom. The third-order valence-corrected chi connectivity index (χ3v) is 14.6. The molecule has 1 spiro atoms. The number of fused-ring (bicyclic) bond motifs is 3. The van der Waals surface area contributed by atoms with Crippen molar-refractivity contribution in [2.45, 2.75) is 108 Å². The summed E-state index contributed by atoms with van der Waals surface area (Å²) in [6.45, 7) is 5.83. The molecule has 10 nitrogen and oxygen atoms in total. The number of carboxylic acid groups (broad SMARTS) is 1. The van der Waals surface area contributed by atoms with Crippen LogP contribution in [-0.2, 0) is 34.4 Å². The quantitative estimate of drug-likeness (QED) is 0.0673. The van der Waals surface area contributed by atoms with Gasteiger partial charge in [0.05, 0.1) is 13.2 Å². The molecule has 12 heteroatoms. The van der Waals surface area contributed by atoms with E-state index in [1.54, 1.807) is 30.3 Å². The molecule has 3 atom stereocenters. The lowest BCUT2D eigenvalue weighted by molar-refractivity contribution is -0.144. The first-order valence-electron chi connectivity index (χ1n) is 22.9. The lowest BCUT2D eigenvalue weighted by atomic mass is 9.59. The van der Waals surface area contributed by atoms with Crippen molar-refractivity contribution >= 4 is 46.7 Å². The predicted octanol–water partition coefficient (Wildman–Crippen LogP) is 11.1. The largest absolute Gasteiger partial charge is 0.494 e. The highest BCUT2D eigenvalue weighted by atomic mass is 35.5. The molecule has 1 fully saturated rings. The number of halogens is 2. The minimum Gasteiger partial charge on any atom is -0.494 e. The number of nitrogens with one attached hydrogen (secondary N) is 2. The van der Waals surface area contributed by atoms with Gasteiger partial charge >= 0.3 is 5.97 Å². The number of hydrogen-bond acceptors (Lipinski definition) is 7. The van der Waals surface area contributed by atoms with E-state index >= 15 is 0 Å². The molecule has 4 aromatic carbocycles. The van der Waals surface area contributed by atoms with Crippen molar-refractivity contribution in [3.05, 3.63) is 141 Å². The van der Waals surface area contributed by atoms with E-state index in [9.17, 15) is 19.5 Å². The van der Waals surface area contributed by atoms with Gasteiger partial charge in [-0.15, -0.1) is 0 Å². The number of hydrogen-bond donors (Lipinski definition) is 4. The first-order chi connectivity index (χ1) is 31.3.